The maximum absolute atomic E-state index is 6.38. The minimum Gasteiger partial charge on any atom is -0.364 e. The summed E-state index contributed by atoms with van der Waals surface area (Å²) in [6, 6.07) is 6.79. The molecule has 4 heteroatoms. The predicted molar refractivity (Wildman–Crippen MR) is 84.5 cm³/mol. The van der Waals surface area contributed by atoms with Crippen molar-refractivity contribution in [3.63, 3.8) is 0 Å². The number of halogens is 2. The van der Waals surface area contributed by atoms with Gasteiger partial charge < -0.3 is 10.2 Å². The van der Waals surface area contributed by atoms with Gasteiger partial charge in [-0.05, 0) is 30.5 Å². The summed E-state index contributed by atoms with van der Waals surface area (Å²) in [5, 5.41) is 5.06. The molecule has 0 spiro atoms. The molecule has 0 radical (unpaired) electrons. The van der Waals surface area contributed by atoms with E-state index in [1.165, 1.54) is 0 Å². The summed E-state index contributed by atoms with van der Waals surface area (Å²) < 4.78 is 0. The molecule has 19 heavy (non-hydrogen) atoms. The first-order chi connectivity index (χ1) is 9.02. The monoisotopic (exact) mass is 300 g/mol. The molecule has 0 bridgehead atoms. The molecule has 2 nitrogen and oxygen atoms in total. The van der Waals surface area contributed by atoms with Crippen molar-refractivity contribution in [1.29, 1.82) is 0 Å². The molecule has 0 aromatic heterocycles. The zero-order chi connectivity index (χ0) is 14.0. The maximum Gasteiger partial charge on any atom is 0.0654 e. The molecule has 0 saturated carbocycles. The fraction of sp³-hybridized carbons (Fsp3) is 0.600. The first-order valence-electron chi connectivity index (χ1n) is 6.98. The lowest BCUT2D eigenvalue weighted by atomic mass is 9.97. The van der Waals surface area contributed by atoms with E-state index >= 15 is 0 Å². The molecule has 1 aliphatic heterocycles. The average molecular weight is 301 g/mol. The molecule has 0 amide bonds. The van der Waals surface area contributed by atoms with Crippen molar-refractivity contribution in [3.05, 3.63) is 28.2 Å². The van der Waals surface area contributed by atoms with Crippen LogP contribution in [0.1, 0.15) is 27.2 Å². The number of nitrogens with zero attached hydrogens (tertiary/aromatic N) is 1. The standard InChI is InChI=1S/C15H22Cl2N2/c1-4-12-9-19(15(8-18-12)10(2)3)14-6-5-11(16)7-13(14)17/h5-7,10,12,15,18H,4,8-9H2,1-3H3. The van der Waals surface area contributed by atoms with E-state index in [9.17, 15) is 0 Å². The molecule has 2 unspecified atom stereocenters. The Morgan fingerprint density at radius 1 is 1.37 bits per heavy atom. The molecule has 2 rings (SSSR count). The second-order valence-electron chi connectivity index (χ2n) is 5.57. The Bertz CT molecular complexity index is 434. The number of benzene rings is 1. The minimum absolute atomic E-state index is 0.474. The number of hydrogen-bond donors (Lipinski definition) is 1. The fourth-order valence-electron chi connectivity index (χ4n) is 2.70. The molecule has 0 aliphatic carbocycles. The number of nitrogens with one attached hydrogen (secondary N) is 1. The highest BCUT2D eigenvalue weighted by atomic mass is 35.5. The van der Waals surface area contributed by atoms with E-state index in [-0.39, 0.29) is 0 Å². The van der Waals surface area contributed by atoms with Crippen molar-refractivity contribution in [2.45, 2.75) is 39.3 Å². The van der Waals surface area contributed by atoms with Gasteiger partial charge in [0.15, 0.2) is 0 Å². The smallest absolute Gasteiger partial charge is 0.0654 e. The van der Waals surface area contributed by atoms with Crippen molar-refractivity contribution in [1.82, 2.24) is 5.32 Å². The van der Waals surface area contributed by atoms with Crippen LogP contribution < -0.4 is 10.2 Å². The van der Waals surface area contributed by atoms with Crippen LogP contribution in [0.3, 0.4) is 0 Å². The largest absolute Gasteiger partial charge is 0.364 e. The SMILES string of the molecule is CCC1CN(c2ccc(Cl)cc2Cl)C(C(C)C)CN1. The average Bonchev–Trinajstić information content (AvgIpc) is 2.38. The van der Waals surface area contributed by atoms with Gasteiger partial charge in [-0.25, -0.2) is 0 Å². The lowest BCUT2D eigenvalue weighted by Gasteiger charge is -2.44. The summed E-state index contributed by atoms with van der Waals surface area (Å²) in [5.74, 6) is 0.581. The Kier molecular flexibility index (Phi) is 4.99. The van der Waals surface area contributed by atoms with Crippen LogP contribution in [0.5, 0.6) is 0 Å². The normalized spacial score (nSPS) is 24.0. The lowest BCUT2D eigenvalue weighted by Crippen LogP contribution is -2.58. The Morgan fingerprint density at radius 2 is 2.11 bits per heavy atom. The number of rotatable bonds is 3. The molecular formula is C15H22Cl2N2. The number of anilines is 1. The van der Waals surface area contributed by atoms with E-state index in [2.05, 4.69) is 31.0 Å². The van der Waals surface area contributed by atoms with E-state index in [1.807, 2.05) is 18.2 Å². The van der Waals surface area contributed by atoms with Crippen LogP contribution in [0, 0.1) is 5.92 Å². The van der Waals surface area contributed by atoms with Crippen LogP contribution in [-0.4, -0.2) is 25.2 Å². The molecule has 1 heterocycles. The fourth-order valence-corrected chi connectivity index (χ4v) is 3.21. The van der Waals surface area contributed by atoms with Crippen molar-refractivity contribution in [2.75, 3.05) is 18.0 Å². The first-order valence-corrected chi connectivity index (χ1v) is 7.73. The van der Waals surface area contributed by atoms with E-state index in [0.717, 1.165) is 30.2 Å². The highest BCUT2D eigenvalue weighted by Crippen LogP contribution is 2.32. The summed E-state index contributed by atoms with van der Waals surface area (Å²) in [4.78, 5) is 2.44. The summed E-state index contributed by atoms with van der Waals surface area (Å²) in [6.07, 6.45) is 1.13. The third-order valence-electron chi connectivity index (χ3n) is 3.91. The van der Waals surface area contributed by atoms with Gasteiger partial charge >= 0.3 is 0 Å². The predicted octanol–water partition coefficient (Wildman–Crippen LogP) is 4.21. The third kappa shape index (κ3) is 3.36. The third-order valence-corrected chi connectivity index (χ3v) is 4.45. The van der Waals surface area contributed by atoms with E-state index in [1.54, 1.807) is 0 Å². The Labute approximate surface area is 126 Å². The van der Waals surface area contributed by atoms with E-state index < -0.39 is 0 Å². The van der Waals surface area contributed by atoms with Gasteiger partial charge in [-0.1, -0.05) is 44.0 Å². The molecule has 1 aromatic carbocycles. The molecule has 1 saturated heterocycles. The van der Waals surface area contributed by atoms with Crippen LogP contribution in [0.4, 0.5) is 5.69 Å². The summed E-state index contributed by atoms with van der Waals surface area (Å²) >= 11 is 12.4. The molecule has 2 atom stereocenters. The number of hydrogen-bond acceptors (Lipinski definition) is 2. The van der Waals surface area contributed by atoms with Gasteiger partial charge in [0.05, 0.1) is 10.7 Å². The quantitative estimate of drug-likeness (QED) is 0.900. The van der Waals surface area contributed by atoms with Crippen molar-refractivity contribution >= 4 is 28.9 Å². The Morgan fingerprint density at radius 3 is 2.68 bits per heavy atom. The topological polar surface area (TPSA) is 15.3 Å². The second kappa shape index (κ2) is 6.34. The van der Waals surface area contributed by atoms with Crippen molar-refractivity contribution < 1.29 is 0 Å². The minimum atomic E-state index is 0.474. The zero-order valence-electron chi connectivity index (χ0n) is 11.8. The van der Waals surface area contributed by atoms with Gasteiger partial charge in [0.2, 0.25) is 0 Å². The van der Waals surface area contributed by atoms with Gasteiger partial charge in [0, 0.05) is 30.2 Å². The molecule has 1 aromatic rings. The second-order valence-corrected chi connectivity index (χ2v) is 6.42. The van der Waals surface area contributed by atoms with Gasteiger partial charge in [0.25, 0.3) is 0 Å². The van der Waals surface area contributed by atoms with Gasteiger partial charge in [-0.15, -0.1) is 0 Å². The van der Waals surface area contributed by atoms with Crippen molar-refractivity contribution in [3.8, 4) is 0 Å². The molecule has 1 aliphatic rings. The van der Waals surface area contributed by atoms with Crippen LogP contribution in [0.2, 0.25) is 10.0 Å². The van der Waals surface area contributed by atoms with Crippen LogP contribution in [0.25, 0.3) is 0 Å². The van der Waals surface area contributed by atoms with Gasteiger partial charge in [-0.3, -0.25) is 0 Å². The number of piperazine rings is 1. The molecular weight excluding hydrogens is 279 g/mol. The maximum atomic E-state index is 6.38. The Hall–Kier alpha value is -0.440. The van der Waals surface area contributed by atoms with E-state index in [4.69, 9.17) is 23.2 Å². The van der Waals surface area contributed by atoms with Crippen LogP contribution in [-0.2, 0) is 0 Å². The highest BCUT2D eigenvalue weighted by Gasteiger charge is 2.30. The Balaban J connectivity index is 2.30. The van der Waals surface area contributed by atoms with Crippen LogP contribution in [0.15, 0.2) is 18.2 Å². The van der Waals surface area contributed by atoms with Gasteiger partial charge in [-0.2, -0.15) is 0 Å². The van der Waals surface area contributed by atoms with E-state index in [0.29, 0.717) is 23.0 Å². The van der Waals surface area contributed by atoms with Crippen LogP contribution >= 0.6 is 23.2 Å². The molecule has 106 valence electrons. The zero-order valence-corrected chi connectivity index (χ0v) is 13.3. The van der Waals surface area contributed by atoms with Gasteiger partial charge in [0.1, 0.15) is 0 Å². The first kappa shape index (κ1) is 15.0. The molecule has 1 N–H and O–H groups in total. The summed E-state index contributed by atoms with van der Waals surface area (Å²) in [6.45, 7) is 8.75. The highest BCUT2D eigenvalue weighted by molar-refractivity contribution is 6.36. The molecule has 1 fully saturated rings. The lowest BCUT2D eigenvalue weighted by molar-refractivity contribution is 0.333. The summed E-state index contributed by atoms with van der Waals surface area (Å²) in [5.41, 5.74) is 1.10. The summed E-state index contributed by atoms with van der Waals surface area (Å²) in [7, 11) is 0. The van der Waals surface area contributed by atoms with Crippen molar-refractivity contribution in [2.24, 2.45) is 5.92 Å².